The molecule has 0 aromatic heterocycles. The van der Waals surface area contributed by atoms with Crippen LogP contribution >= 0.6 is 0 Å². The predicted molar refractivity (Wildman–Crippen MR) is 51.9 cm³/mol. The van der Waals surface area contributed by atoms with Crippen molar-refractivity contribution in [1.82, 2.24) is 0 Å². The van der Waals surface area contributed by atoms with E-state index in [0.717, 1.165) is 18.4 Å². The number of ether oxygens (including phenoxy) is 1. The number of hydrogen-bond donors (Lipinski definition) is 0. The number of methoxy groups -OCH3 is 1. The fourth-order valence-corrected chi connectivity index (χ4v) is 0.417. The molecule has 2 nitrogen and oxygen atoms in total. The highest BCUT2D eigenvalue weighted by Gasteiger charge is 1.82. The number of hydrogen-bond acceptors (Lipinski definition) is 2. The lowest BCUT2D eigenvalue weighted by molar-refractivity contribution is -0.134. The van der Waals surface area contributed by atoms with Crippen LogP contribution in [0.1, 0.15) is 20.3 Å². The van der Waals surface area contributed by atoms with Crippen molar-refractivity contribution in [2.75, 3.05) is 7.11 Å². The second kappa shape index (κ2) is 9.95. The van der Waals surface area contributed by atoms with E-state index in [9.17, 15) is 4.79 Å². The van der Waals surface area contributed by atoms with Gasteiger partial charge in [0.15, 0.2) is 0 Å². The number of rotatable bonds is 3. The molecule has 0 saturated heterocycles. The monoisotopic (exact) mass is 170 g/mol. The van der Waals surface area contributed by atoms with Crippen LogP contribution in [0, 0.1) is 5.92 Å². The van der Waals surface area contributed by atoms with Gasteiger partial charge in [-0.1, -0.05) is 26.5 Å². The topological polar surface area (TPSA) is 26.3 Å². The molecule has 0 aliphatic rings. The van der Waals surface area contributed by atoms with Crippen LogP contribution in [0.2, 0.25) is 0 Å². The van der Waals surface area contributed by atoms with Gasteiger partial charge in [-0.15, -0.1) is 6.58 Å². The maximum atomic E-state index is 9.84. The van der Waals surface area contributed by atoms with Crippen LogP contribution in [0.4, 0.5) is 0 Å². The molecular formula is C10H18O2. The summed E-state index contributed by atoms with van der Waals surface area (Å²) in [6, 6.07) is 0. The molecule has 0 saturated carbocycles. The third-order valence-corrected chi connectivity index (χ3v) is 1.01. The molecule has 0 aromatic carbocycles. The lowest BCUT2D eigenvalue weighted by atomic mass is 10.1. The minimum Gasteiger partial charge on any atom is -0.466 e. The van der Waals surface area contributed by atoms with Gasteiger partial charge < -0.3 is 4.74 Å². The SMILES string of the molecule is C=CC(=O)OC.C=CCC(C)C. The maximum Gasteiger partial charge on any atom is 0.329 e. The van der Waals surface area contributed by atoms with Crippen molar-refractivity contribution in [3.05, 3.63) is 25.3 Å². The van der Waals surface area contributed by atoms with Gasteiger partial charge in [-0.05, 0) is 12.3 Å². The van der Waals surface area contributed by atoms with Gasteiger partial charge in [0.2, 0.25) is 0 Å². The summed E-state index contributed by atoms with van der Waals surface area (Å²) >= 11 is 0. The van der Waals surface area contributed by atoms with E-state index >= 15 is 0 Å². The van der Waals surface area contributed by atoms with Crippen LogP contribution in [-0.4, -0.2) is 13.1 Å². The highest BCUT2D eigenvalue weighted by atomic mass is 16.5. The van der Waals surface area contributed by atoms with Gasteiger partial charge in [0.1, 0.15) is 0 Å². The van der Waals surface area contributed by atoms with Gasteiger partial charge in [0.25, 0.3) is 0 Å². The minimum atomic E-state index is -0.394. The summed E-state index contributed by atoms with van der Waals surface area (Å²) in [5.74, 6) is 0.387. The molecule has 0 bridgehead atoms. The van der Waals surface area contributed by atoms with Crippen molar-refractivity contribution in [3.63, 3.8) is 0 Å². The molecule has 2 heteroatoms. The summed E-state index contributed by atoms with van der Waals surface area (Å²) in [6.07, 6.45) is 4.20. The molecule has 70 valence electrons. The van der Waals surface area contributed by atoms with E-state index in [1.165, 1.54) is 7.11 Å². The molecule has 0 aromatic rings. The van der Waals surface area contributed by atoms with Crippen molar-refractivity contribution < 1.29 is 9.53 Å². The molecule has 0 aliphatic heterocycles. The Kier molecular flexibility index (Phi) is 11.2. The van der Waals surface area contributed by atoms with Crippen LogP contribution in [-0.2, 0) is 9.53 Å². The van der Waals surface area contributed by atoms with Crippen molar-refractivity contribution in [2.45, 2.75) is 20.3 Å². The first-order valence-electron chi connectivity index (χ1n) is 3.89. The van der Waals surface area contributed by atoms with E-state index in [0.29, 0.717) is 0 Å². The van der Waals surface area contributed by atoms with Crippen molar-refractivity contribution >= 4 is 5.97 Å². The molecule has 0 N–H and O–H groups in total. The van der Waals surface area contributed by atoms with Crippen LogP contribution in [0.15, 0.2) is 25.3 Å². The zero-order valence-corrected chi connectivity index (χ0v) is 8.17. The summed E-state index contributed by atoms with van der Waals surface area (Å²) < 4.78 is 4.14. The normalized spacial score (nSPS) is 8.00. The molecule has 0 radical (unpaired) electrons. The first kappa shape index (κ1) is 13.5. The molecule has 0 rings (SSSR count). The molecule has 0 unspecified atom stereocenters. The van der Waals surface area contributed by atoms with Crippen LogP contribution < -0.4 is 0 Å². The Balaban J connectivity index is 0. The molecule has 0 fully saturated rings. The van der Waals surface area contributed by atoms with Crippen molar-refractivity contribution in [2.24, 2.45) is 5.92 Å². The van der Waals surface area contributed by atoms with E-state index < -0.39 is 5.97 Å². The zero-order valence-electron chi connectivity index (χ0n) is 8.17. The maximum absolute atomic E-state index is 9.84. The van der Waals surface area contributed by atoms with Gasteiger partial charge >= 0.3 is 5.97 Å². The van der Waals surface area contributed by atoms with Gasteiger partial charge in [0.05, 0.1) is 7.11 Å². The quantitative estimate of drug-likeness (QED) is 0.369. The fraction of sp³-hybridized carbons (Fsp3) is 0.500. The number of allylic oxidation sites excluding steroid dienone is 1. The average molecular weight is 170 g/mol. The third kappa shape index (κ3) is 16.0. The Labute approximate surface area is 74.9 Å². The Morgan fingerprint density at radius 2 is 2.00 bits per heavy atom. The zero-order chi connectivity index (χ0) is 9.98. The summed E-state index contributed by atoms with van der Waals surface area (Å²) in [4.78, 5) is 9.84. The van der Waals surface area contributed by atoms with E-state index in [1.807, 2.05) is 6.08 Å². The summed E-state index contributed by atoms with van der Waals surface area (Å²) in [5, 5.41) is 0. The van der Waals surface area contributed by atoms with E-state index in [4.69, 9.17) is 0 Å². The molecule has 0 spiro atoms. The van der Waals surface area contributed by atoms with Crippen molar-refractivity contribution in [3.8, 4) is 0 Å². The first-order valence-corrected chi connectivity index (χ1v) is 3.89. The van der Waals surface area contributed by atoms with E-state index in [1.54, 1.807) is 0 Å². The average Bonchev–Trinajstić information content (AvgIpc) is 2.04. The Morgan fingerprint density at radius 1 is 1.50 bits per heavy atom. The van der Waals surface area contributed by atoms with Gasteiger partial charge in [-0.2, -0.15) is 0 Å². The summed E-state index contributed by atoms with van der Waals surface area (Å²) in [7, 11) is 1.31. The highest BCUT2D eigenvalue weighted by Crippen LogP contribution is 1.96. The van der Waals surface area contributed by atoms with Crippen LogP contribution in [0.25, 0.3) is 0 Å². The molecule has 0 atom stereocenters. The molecule has 0 aliphatic carbocycles. The van der Waals surface area contributed by atoms with Crippen LogP contribution in [0.5, 0.6) is 0 Å². The number of carbonyl (C=O) groups is 1. The lowest BCUT2D eigenvalue weighted by Crippen LogP contribution is -1.91. The second-order valence-corrected chi connectivity index (χ2v) is 2.65. The second-order valence-electron chi connectivity index (χ2n) is 2.65. The number of esters is 1. The lowest BCUT2D eigenvalue weighted by Gasteiger charge is -1.92. The van der Waals surface area contributed by atoms with E-state index in [-0.39, 0.29) is 0 Å². The Morgan fingerprint density at radius 3 is 2.00 bits per heavy atom. The minimum absolute atomic E-state index is 0.394. The Hall–Kier alpha value is -1.05. The van der Waals surface area contributed by atoms with Gasteiger partial charge in [0, 0.05) is 6.08 Å². The summed E-state index contributed by atoms with van der Waals surface area (Å²) in [5.41, 5.74) is 0. The standard InChI is InChI=1S/C6H12.C4H6O2/c1-4-5-6(2)3;1-3-4(5)6-2/h4,6H,1,5H2,2-3H3;3H,1H2,2H3. The largest absolute Gasteiger partial charge is 0.466 e. The highest BCUT2D eigenvalue weighted by molar-refractivity contribution is 5.80. The summed E-state index contributed by atoms with van der Waals surface area (Å²) in [6.45, 7) is 11.1. The predicted octanol–water partition coefficient (Wildman–Crippen LogP) is 2.56. The molecule has 0 heterocycles. The fourth-order valence-electron chi connectivity index (χ4n) is 0.417. The molecule has 12 heavy (non-hydrogen) atoms. The Bertz CT molecular complexity index is 137. The third-order valence-electron chi connectivity index (χ3n) is 1.01. The van der Waals surface area contributed by atoms with Crippen LogP contribution in [0.3, 0.4) is 0 Å². The smallest absolute Gasteiger partial charge is 0.329 e. The first-order chi connectivity index (χ1) is 5.58. The number of carbonyl (C=O) groups excluding carboxylic acids is 1. The van der Waals surface area contributed by atoms with Gasteiger partial charge in [-0.25, -0.2) is 4.79 Å². The molecule has 0 amide bonds. The van der Waals surface area contributed by atoms with Crippen molar-refractivity contribution in [1.29, 1.82) is 0 Å². The molecular weight excluding hydrogens is 152 g/mol. The van der Waals surface area contributed by atoms with Gasteiger partial charge in [-0.3, -0.25) is 0 Å². The van der Waals surface area contributed by atoms with E-state index in [2.05, 4.69) is 31.7 Å².